The van der Waals surface area contributed by atoms with Crippen LogP contribution in [0, 0.1) is 5.82 Å². The Hall–Kier alpha value is -1.78. The van der Waals surface area contributed by atoms with Crippen LogP contribution in [-0.2, 0) is 6.54 Å². The van der Waals surface area contributed by atoms with Gasteiger partial charge in [-0.3, -0.25) is 4.90 Å². The van der Waals surface area contributed by atoms with Crippen molar-refractivity contribution in [3.63, 3.8) is 0 Å². The van der Waals surface area contributed by atoms with E-state index in [1.54, 1.807) is 6.07 Å². The molecule has 2 aromatic carbocycles. The Kier molecular flexibility index (Phi) is 4.82. The second-order valence-corrected chi connectivity index (χ2v) is 5.23. The molecule has 1 unspecified atom stereocenters. The number of rotatable bonds is 5. The summed E-state index contributed by atoms with van der Waals surface area (Å²) in [6, 6.07) is 16.2. The van der Waals surface area contributed by atoms with Crippen LogP contribution < -0.4 is 5.73 Å². The molecular weight excluding hydrogens is 271 g/mol. The van der Waals surface area contributed by atoms with E-state index in [1.165, 1.54) is 12.1 Å². The number of likely N-dealkylation sites (N-methyl/N-ethyl adjacent to an activating group) is 1. The average Bonchev–Trinajstić information content (AvgIpc) is 2.39. The lowest BCUT2D eigenvalue weighted by Crippen LogP contribution is -2.33. The number of nitrogens with zero attached hydrogens (tertiary/aromatic N) is 1. The van der Waals surface area contributed by atoms with Crippen LogP contribution in [-0.4, -0.2) is 16.9 Å². The maximum absolute atomic E-state index is 13.4. The Morgan fingerprint density at radius 1 is 1.20 bits per heavy atom. The zero-order valence-corrected chi connectivity index (χ0v) is 12.1. The molecule has 20 heavy (non-hydrogen) atoms. The third kappa shape index (κ3) is 3.62. The fourth-order valence-corrected chi connectivity index (χ4v) is 2.59. The minimum Gasteiger partial charge on any atom is -0.392 e. The highest BCUT2D eigenvalue weighted by molar-refractivity contribution is 7.80. The zero-order chi connectivity index (χ0) is 14.5. The van der Waals surface area contributed by atoms with Gasteiger partial charge in [0.2, 0.25) is 0 Å². The molecule has 0 amide bonds. The molecule has 0 fully saturated rings. The molecule has 0 spiro atoms. The van der Waals surface area contributed by atoms with Gasteiger partial charge in [-0.25, -0.2) is 4.39 Å². The van der Waals surface area contributed by atoms with Crippen LogP contribution in [0.2, 0.25) is 0 Å². The second-order valence-electron chi connectivity index (χ2n) is 4.76. The van der Waals surface area contributed by atoms with E-state index < -0.39 is 0 Å². The Balaban J connectivity index is 2.23. The molecule has 104 valence electrons. The van der Waals surface area contributed by atoms with Gasteiger partial charge in [0, 0.05) is 6.54 Å². The number of benzene rings is 2. The fourth-order valence-electron chi connectivity index (χ4n) is 2.28. The molecule has 0 saturated heterocycles. The summed E-state index contributed by atoms with van der Waals surface area (Å²) in [5, 5.41) is 0. The van der Waals surface area contributed by atoms with Crippen molar-refractivity contribution >= 4 is 17.2 Å². The molecular formula is C16H17FN2S. The maximum Gasteiger partial charge on any atom is 0.123 e. The van der Waals surface area contributed by atoms with Crippen LogP contribution in [0.15, 0.2) is 54.6 Å². The van der Waals surface area contributed by atoms with Crippen molar-refractivity contribution in [2.24, 2.45) is 5.73 Å². The number of halogens is 1. The molecule has 2 N–H and O–H groups in total. The van der Waals surface area contributed by atoms with Gasteiger partial charge in [0.1, 0.15) is 5.82 Å². The molecule has 0 aromatic heterocycles. The summed E-state index contributed by atoms with van der Waals surface area (Å²) in [6.45, 7) is 0.694. The van der Waals surface area contributed by atoms with E-state index in [0.717, 1.165) is 11.1 Å². The molecule has 2 rings (SSSR count). The topological polar surface area (TPSA) is 29.3 Å². The number of hydrogen-bond acceptors (Lipinski definition) is 2. The van der Waals surface area contributed by atoms with Crippen LogP contribution in [0.5, 0.6) is 0 Å². The Bertz CT molecular complexity index is 586. The standard InChI is InChI=1S/C16H17FN2S/c1-19(11-12-6-3-2-4-7-12)15(16(18)20)13-8-5-9-14(17)10-13/h2-10,15H,11H2,1H3,(H2,18,20). The zero-order valence-electron chi connectivity index (χ0n) is 11.3. The lowest BCUT2D eigenvalue weighted by Gasteiger charge is -2.27. The van der Waals surface area contributed by atoms with Gasteiger partial charge in [0.15, 0.2) is 0 Å². The van der Waals surface area contributed by atoms with Gasteiger partial charge in [-0.1, -0.05) is 54.7 Å². The normalized spacial score (nSPS) is 12.3. The summed E-state index contributed by atoms with van der Waals surface area (Å²) >= 11 is 5.15. The summed E-state index contributed by atoms with van der Waals surface area (Å²) in [5.41, 5.74) is 7.77. The Morgan fingerprint density at radius 2 is 1.90 bits per heavy atom. The number of nitrogens with two attached hydrogens (primary N) is 1. The van der Waals surface area contributed by atoms with Crippen molar-refractivity contribution in [3.8, 4) is 0 Å². The predicted molar refractivity (Wildman–Crippen MR) is 83.8 cm³/mol. The summed E-state index contributed by atoms with van der Waals surface area (Å²) in [4.78, 5) is 2.36. The third-order valence-electron chi connectivity index (χ3n) is 3.15. The van der Waals surface area contributed by atoms with Crippen LogP contribution >= 0.6 is 12.2 Å². The van der Waals surface area contributed by atoms with E-state index in [-0.39, 0.29) is 11.9 Å². The minimum atomic E-state index is -0.281. The van der Waals surface area contributed by atoms with Gasteiger partial charge in [-0.05, 0) is 30.3 Å². The molecule has 0 heterocycles. The average molecular weight is 288 g/mol. The molecule has 0 saturated carbocycles. The third-order valence-corrected chi connectivity index (χ3v) is 3.37. The molecule has 0 aliphatic carbocycles. The molecule has 0 aliphatic heterocycles. The molecule has 4 heteroatoms. The number of thiocarbonyl (C=S) groups is 1. The van der Waals surface area contributed by atoms with Gasteiger partial charge in [0.05, 0.1) is 11.0 Å². The summed E-state index contributed by atoms with van der Waals surface area (Å²) in [7, 11) is 1.93. The highest BCUT2D eigenvalue weighted by atomic mass is 32.1. The van der Waals surface area contributed by atoms with E-state index >= 15 is 0 Å². The largest absolute Gasteiger partial charge is 0.392 e. The van der Waals surface area contributed by atoms with Crippen molar-refractivity contribution in [2.75, 3.05) is 7.05 Å². The first-order chi connectivity index (χ1) is 9.58. The van der Waals surface area contributed by atoms with E-state index in [2.05, 4.69) is 0 Å². The lowest BCUT2D eigenvalue weighted by atomic mass is 10.0. The Labute approximate surface area is 124 Å². The second kappa shape index (κ2) is 6.59. The van der Waals surface area contributed by atoms with Crippen LogP contribution in [0.25, 0.3) is 0 Å². The maximum atomic E-state index is 13.4. The van der Waals surface area contributed by atoms with Gasteiger partial charge >= 0.3 is 0 Å². The van der Waals surface area contributed by atoms with Gasteiger partial charge in [0.25, 0.3) is 0 Å². The summed E-state index contributed by atoms with van der Waals surface area (Å²) < 4.78 is 13.4. The summed E-state index contributed by atoms with van der Waals surface area (Å²) in [6.07, 6.45) is 0. The van der Waals surface area contributed by atoms with Gasteiger partial charge in [-0.15, -0.1) is 0 Å². The highest BCUT2D eigenvalue weighted by Crippen LogP contribution is 2.22. The first-order valence-electron chi connectivity index (χ1n) is 6.37. The van der Waals surface area contributed by atoms with Crippen molar-refractivity contribution in [2.45, 2.75) is 12.6 Å². The molecule has 2 aromatic rings. The quantitative estimate of drug-likeness (QED) is 0.856. The first-order valence-corrected chi connectivity index (χ1v) is 6.77. The number of hydrogen-bond donors (Lipinski definition) is 1. The van der Waals surface area contributed by atoms with Gasteiger partial charge < -0.3 is 5.73 Å². The fraction of sp³-hybridized carbons (Fsp3) is 0.188. The van der Waals surface area contributed by atoms with Crippen LogP contribution in [0.1, 0.15) is 17.2 Å². The molecule has 0 aliphatic rings. The van der Waals surface area contributed by atoms with Crippen LogP contribution in [0.3, 0.4) is 0 Å². The van der Waals surface area contributed by atoms with Crippen molar-refractivity contribution < 1.29 is 4.39 Å². The monoisotopic (exact) mass is 288 g/mol. The molecule has 2 nitrogen and oxygen atoms in total. The molecule has 1 atom stereocenters. The smallest absolute Gasteiger partial charge is 0.123 e. The van der Waals surface area contributed by atoms with Crippen LogP contribution in [0.4, 0.5) is 4.39 Å². The van der Waals surface area contributed by atoms with E-state index in [0.29, 0.717) is 11.5 Å². The Morgan fingerprint density at radius 3 is 2.50 bits per heavy atom. The van der Waals surface area contributed by atoms with E-state index in [4.69, 9.17) is 18.0 Å². The predicted octanol–water partition coefficient (Wildman–Crippen LogP) is 3.28. The highest BCUT2D eigenvalue weighted by Gasteiger charge is 2.20. The first kappa shape index (κ1) is 14.6. The molecule has 0 bridgehead atoms. The van der Waals surface area contributed by atoms with Crippen molar-refractivity contribution in [3.05, 3.63) is 71.5 Å². The minimum absolute atomic E-state index is 0.277. The lowest BCUT2D eigenvalue weighted by molar-refractivity contribution is 0.293. The van der Waals surface area contributed by atoms with Crippen molar-refractivity contribution in [1.82, 2.24) is 4.90 Å². The van der Waals surface area contributed by atoms with Gasteiger partial charge in [-0.2, -0.15) is 0 Å². The molecule has 0 radical (unpaired) electrons. The van der Waals surface area contributed by atoms with E-state index in [1.807, 2.05) is 48.3 Å². The SMILES string of the molecule is CN(Cc1ccccc1)C(C(N)=S)c1cccc(F)c1. The van der Waals surface area contributed by atoms with E-state index in [9.17, 15) is 4.39 Å². The summed E-state index contributed by atoms with van der Waals surface area (Å²) in [5.74, 6) is -0.281. The van der Waals surface area contributed by atoms with Crippen molar-refractivity contribution in [1.29, 1.82) is 0 Å².